The van der Waals surface area contributed by atoms with E-state index in [9.17, 15) is 23.3 Å². The number of carbonyl (C=O) groups is 1. The molecule has 3 N–H and O–H groups in total. The monoisotopic (exact) mass is 421 g/mol. The molecule has 1 heterocycles. The highest BCUT2D eigenvalue weighted by atomic mass is 32.2. The Balaban J connectivity index is 2.14. The quantitative estimate of drug-likeness (QED) is 0.419. The van der Waals surface area contributed by atoms with Gasteiger partial charge in [0.1, 0.15) is 11.9 Å². The van der Waals surface area contributed by atoms with Gasteiger partial charge in [-0.05, 0) is 38.2 Å². The van der Waals surface area contributed by atoms with Crippen molar-refractivity contribution in [2.45, 2.75) is 44.6 Å². The molecule has 3 rings (SSSR count). The van der Waals surface area contributed by atoms with Gasteiger partial charge in [-0.2, -0.15) is 0 Å². The Hall–Kier alpha value is -2.88. The van der Waals surface area contributed by atoms with Gasteiger partial charge in [0.2, 0.25) is 0 Å². The summed E-state index contributed by atoms with van der Waals surface area (Å²) in [6.45, 7) is 1.60. The third kappa shape index (κ3) is 4.26. The van der Waals surface area contributed by atoms with E-state index in [-0.39, 0.29) is 33.7 Å². The number of benzene rings is 1. The number of nitrogens with one attached hydrogen (secondary N) is 1. The van der Waals surface area contributed by atoms with E-state index in [1.807, 2.05) is 0 Å². The minimum Gasteiger partial charge on any atom is -0.459 e. The van der Waals surface area contributed by atoms with Crippen LogP contribution in [0.1, 0.15) is 44.1 Å². The number of esters is 1. The number of carbonyl (C=O) groups excluding carboxylic acids is 1. The number of rotatable bonds is 5. The normalized spacial score (nSPS) is 20.6. The molecular formula is C19H23N3O6S. The Morgan fingerprint density at radius 3 is 2.55 bits per heavy atom. The molecule has 1 aromatic rings. The first-order valence-electron chi connectivity index (χ1n) is 9.22. The number of allylic oxidation sites excluding steroid dienone is 2. The first kappa shape index (κ1) is 20.8. The minimum atomic E-state index is -3.84. The summed E-state index contributed by atoms with van der Waals surface area (Å²) in [6.07, 6.45) is 4.20. The van der Waals surface area contributed by atoms with Crippen LogP contribution >= 0.6 is 0 Å². The Labute approximate surface area is 168 Å². The second-order valence-corrected chi connectivity index (χ2v) is 9.29. The standard InChI is InChI=1S/C19H23N3O6S/c1-11-15(19(23)28-14-8-3-4-9-14)16(17(18(20)21-11)29(2,26)27)12-6-5-7-13(10-12)22(24)25/h5-7,10,14,16,21H,3-4,8-9,20H2,1-2H3. The Morgan fingerprint density at radius 1 is 1.31 bits per heavy atom. The number of ether oxygens (including phenoxy) is 1. The smallest absolute Gasteiger partial charge is 0.337 e. The lowest BCUT2D eigenvalue weighted by molar-refractivity contribution is -0.384. The van der Waals surface area contributed by atoms with Crippen LogP contribution in [0.5, 0.6) is 0 Å². The van der Waals surface area contributed by atoms with Gasteiger partial charge in [0.15, 0.2) is 9.84 Å². The fourth-order valence-corrected chi connectivity index (χ4v) is 5.01. The van der Waals surface area contributed by atoms with E-state index >= 15 is 0 Å². The van der Waals surface area contributed by atoms with Crippen molar-refractivity contribution < 1.29 is 22.9 Å². The van der Waals surface area contributed by atoms with Crippen molar-refractivity contribution in [3.63, 3.8) is 0 Å². The number of sulfone groups is 1. The Bertz CT molecular complexity index is 1020. The van der Waals surface area contributed by atoms with Gasteiger partial charge in [-0.25, -0.2) is 13.2 Å². The van der Waals surface area contributed by atoms with E-state index in [0.717, 1.165) is 31.9 Å². The zero-order valence-corrected chi connectivity index (χ0v) is 17.0. The van der Waals surface area contributed by atoms with E-state index in [2.05, 4.69) is 5.32 Å². The molecule has 1 fully saturated rings. The topological polar surface area (TPSA) is 142 Å². The molecule has 0 amide bonds. The van der Waals surface area contributed by atoms with Crippen molar-refractivity contribution in [1.29, 1.82) is 0 Å². The van der Waals surface area contributed by atoms with Crippen LogP contribution in [-0.4, -0.2) is 31.7 Å². The molecule has 1 saturated carbocycles. The highest BCUT2D eigenvalue weighted by molar-refractivity contribution is 7.94. The number of nitro benzene ring substituents is 1. The molecule has 0 spiro atoms. The molecule has 0 radical (unpaired) electrons. The highest BCUT2D eigenvalue weighted by Gasteiger charge is 2.40. The Kier molecular flexibility index (Phi) is 5.65. The molecule has 156 valence electrons. The molecule has 0 aromatic heterocycles. The number of dihydropyridines is 1. The van der Waals surface area contributed by atoms with Crippen LogP contribution in [-0.2, 0) is 19.4 Å². The molecule has 10 heteroatoms. The second-order valence-electron chi connectivity index (χ2n) is 7.31. The average molecular weight is 421 g/mol. The molecule has 29 heavy (non-hydrogen) atoms. The zero-order chi connectivity index (χ0) is 21.3. The van der Waals surface area contributed by atoms with Gasteiger partial charge in [0.05, 0.1) is 21.3 Å². The predicted molar refractivity (Wildman–Crippen MR) is 106 cm³/mol. The summed E-state index contributed by atoms with van der Waals surface area (Å²) in [6, 6.07) is 5.54. The van der Waals surface area contributed by atoms with Gasteiger partial charge in [0.25, 0.3) is 5.69 Å². The van der Waals surface area contributed by atoms with E-state index in [4.69, 9.17) is 10.5 Å². The van der Waals surface area contributed by atoms with Crippen molar-refractivity contribution >= 4 is 21.5 Å². The van der Waals surface area contributed by atoms with Crippen molar-refractivity contribution in [2.75, 3.05) is 6.26 Å². The van der Waals surface area contributed by atoms with Gasteiger partial charge in [0, 0.05) is 24.1 Å². The third-order valence-electron chi connectivity index (χ3n) is 5.15. The van der Waals surface area contributed by atoms with Crippen LogP contribution in [0.2, 0.25) is 0 Å². The van der Waals surface area contributed by atoms with Gasteiger partial charge in [-0.3, -0.25) is 10.1 Å². The van der Waals surface area contributed by atoms with E-state index in [0.29, 0.717) is 5.70 Å². The highest BCUT2D eigenvalue weighted by Crippen LogP contribution is 2.41. The predicted octanol–water partition coefficient (Wildman–Crippen LogP) is 2.21. The number of non-ortho nitro benzene ring substituents is 1. The maximum atomic E-state index is 13.0. The molecule has 9 nitrogen and oxygen atoms in total. The summed E-state index contributed by atoms with van der Waals surface area (Å²) in [5.41, 5.74) is 6.49. The molecule has 2 aliphatic rings. The molecule has 0 saturated heterocycles. The van der Waals surface area contributed by atoms with E-state index in [1.165, 1.54) is 24.3 Å². The average Bonchev–Trinajstić information content (AvgIpc) is 3.12. The van der Waals surface area contributed by atoms with Crippen LogP contribution in [0.3, 0.4) is 0 Å². The van der Waals surface area contributed by atoms with Crippen molar-refractivity contribution in [3.05, 3.63) is 61.9 Å². The van der Waals surface area contributed by atoms with Gasteiger partial charge < -0.3 is 15.8 Å². The lowest BCUT2D eigenvalue weighted by Gasteiger charge is -2.30. The molecule has 1 aromatic carbocycles. The van der Waals surface area contributed by atoms with Crippen LogP contribution < -0.4 is 11.1 Å². The molecule has 1 unspecified atom stereocenters. The van der Waals surface area contributed by atoms with Crippen LogP contribution in [0, 0.1) is 10.1 Å². The van der Waals surface area contributed by atoms with Crippen LogP contribution in [0.15, 0.2) is 46.3 Å². The summed E-state index contributed by atoms with van der Waals surface area (Å²) in [5, 5.41) is 14.0. The fraction of sp³-hybridized carbons (Fsp3) is 0.421. The van der Waals surface area contributed by atoms with Crippen molar-refractivity contribution in [3.8, 4) is 0 Å². The number of nitrogens with two attached hydrogens (primary N) is 1. The minimum absolute atomic E-state index is 0.0898. The molecule has 1 aliphatic carbocycles. The van der Waals surface area contributed by atoms with E-state index < -0.39 is 26.6 Å². The first-order chi connectivity index (χ1) is 13.6. The maximum absolute atomic E-state index is 13.0. The number of hydrogen-bond donors (Lipinski definition) is 2. The summed E-state index contributed by atoms with van der Waals surface area (Å²) >= 11 is 0. The van der Waals surface area contributed by atoms with Crippen LogP contribution in [0.4, 0.5) is 5.69 Å². The fourth-order valence-electron chi connectivity index (χ4n) is 3.88. The lowest BCUT2D eigenvalue weighted by atomic mass is 9.87. The molecule has 1 atom stereocenters. The zero-order valence-electron chi connectivity index (χ0n) is 16.2. The van der Waals surface area contributed by atoms with Crippen LogP contribution in [0.25, 0.3) is 0 Å². The van der Waals surface area contributed by atoms with Gasteiger partial charge >= 0.3 is 5.97 Å². The third-order valence-corrected chi connectivity index (χ3v) is 6.41. The number of hydrogen-bond acceptors (Lipinski definition) is 8. The van der Waals surface area contributed by atoms with Crippen molar-refractivity contribution in [2.24, 2.45) is 5.73 Å². The summed E-state index contributed by atoms with van der Waals surface area (Å²) in [4.78, 5) is 23.5. The number of nitrogens with zero attached hydrogens (tertiary/aromatic N) is 1. The maximum Gasteiger partial charge on any atom is 0.337 e. The summed E-state index contributed by atoms with van der Waals surface area (Å²) in [5.74, 6) is -1.86. The second kappa shape index (κ2) is 7.86. The molecule has 0 bridgehead atoms. The number of nitro groups is 1. The SMILES string of the molecule is CC1=C(C(=O)OC2CCCC2)C(c2cccc([N+](=O)[O-])c2)C(S(C)(=O)=O)=C(N)N1. The van der Waals surface area contributed by atoms with E-state index in [1.54, 1.807) is 6.92 Å². The first-order valence-corrected chi connectivity index (χ1v) is 11.1. The summed E-state index contributed by atoms with van der Waals surface area (Å²) in [7, 11) is -3.84. The molecular weight excluding hydrogens is 398 g/mol. The van der Waals surface area contributed by atoms with Crippen molar-refractivity contribution in [1.82, 2.24) is 5.32 Å². The van der Waals surface area contributed by atoms with Gasteiger partial charge in [-0.1, -0.05) is 12.1 Å². The largest absolute Gasteiger partial charge is 0.459 e. The molecule has 1 aliphatic heterocycles. The van der Waals surface area contributed by atoms with Gasteiger partial charge in [-0.15, -0.1) is 0 Å². The summed E-state index contributed by atoms with van der Waals surface area (Å²) < 4.78 is 30.7. The Morgan fingerprint density at radius 2 is 1.97 bits per heavy atom. The lowest BCUT2D eigenvalue weighted by Crippen LogP contribution is -2.36.